The van der Waals surface area contributed by atoms with Crippen molar-refractivity contribution >= 4 is 52.1 Å². The number of halogens is 2. The van der Waals surface area contributed by atoms with Crippen LogP contribution in [0, 0.1) is 0 Å². The van der Waals surface area contributed by atoms with Gasteiger partial charge in [0.15, 0.2) is 10.9 Å². The molecule has 138 valence electrons. The van der Waals surface area contributed by atoms with Gasteiger partial charge in [0, 0.05) is 11.3 Å². The number of rotatable bonds is 4. The van der Waals surface area contributed by atoms with Crippen LogP contribution in [0.5, 0.6) is 0 Å². The third kappa shape index (κ3) is 4.69. The quantitative estimate of drug-likeness (QED) is 0.514. The van der Waals surface area contributed by atoms with Crippen molar-refractivity contribution in [1.29, 1.82) is 0 Å². The summed E-state index contributed by atoms with van der Waals surface area (Å²) in [5, 5.41) is 6.73. The van der Waals surface area contributed by atoms with Crippen molar-refractivity contribution in [3.8, 4) is 11.3 Å². The van der Waals surface area contributed by atoms with E-state index in [1.165, 1.54) is 0 Å². The fraction of sp³-hybridized carbons (Fsp3) is 0.100. The van der Waals surface area contributed by atoms with Crippen LogP contribution in [0.1, 0.15) is 23.0 Å². The Labute approximate surface area is 172 Å². The molecule has 3 aromatic rings. The molecule has 27 heavy (non-hydrogen) atoms. The molecule has 0 spiro atoms. The second kappa shape index (κ2) is 8.57. The van der Waals surface area contributed by atoms with Crippen molar-refractivity contribution in [2.75, 3.05) is 5.32 Å². The highest BCUT2D eigenvalue weighted by Gasteiger charge is 2.15. The molecule has 2 N–H and O–H groups in total. The van der Waals surface area contributed by atoms with Gasteiger partial charge in [-0.2, -0.15) is 0 Å². The van der Waals surface area contributed by atoms with E-state index in [9.17, 15) is 4.79 Å². The lowest BCUT2D eigenvalue weighted by atomic mass is 10.1. The van der Waals surface area contributed by atoms with E-state index in [0.29, 0.717) is 15.8 Å². The summed E-state index contributed by atoms with van der Waals surface area (Å²) in [5.41, 5.74) is 2.69. The van der Waals surface area contributed by atoms with Gasteiger partial charge in [0.25, 0.3) is 5.91 Å². The number of amides is 1. The molecule has 0 saturated heterocycles. The minimum absolute atomic E-state index is 0.143. The summed E-state index contributed by atoms with van der Waals surface area (Å²) >= 11 is 17.2. The maximum atomic E-state index is 12.4. The van der Waals surface area contributed by atoms with Crippen molar-refractivity contribution in [1.82, 2.24) is 5.32 Å². The lowest BCUT2D eigenvalue weighted by Crippen LogP contribution is -2.34. The summed E-state index contributed by atoms with van der Waals surface area (Å²) < 4.78 is 5.62. The van der Waals surface area contributed by atoms with Gasteiger partial charge < -0.3 is 9.73 Å². The first-order valence-corrected chi connectivity index (χ1v) is 9.40. The molecule has 1 amide bonds. The summed E-state index contributed by atoms with van der Waals surface area (Å²) in [6.45, 7) is 2.05. The van der Waals surface area contributed by atoms with E-state index in [0.717, 1.165) is 23.2 Å². The first kappa shape index (κ1) is 19.4. The van der Waals surface area contributed by atoms with Crippen LogP contribution in [0.25, 0.3) is 11.3 Å². The molecule has 0 atom stereocenters. The number of carbonyl (C=O) groups excluding carboxylic acids is 1. The zero-order valence-corrected chi connectivity index (χ0v) is 16.7. The number of thiocarbonyl (C=S) groups is 1. The van der Waals surface area contributed by atoms with Crippen molar-refractivity contribution in [3.05, 3.63) is 76.0 Å². The Kier molecular flexibility index (Phi) is 6.16. The molecule has 2 aromatic carbocycles. The highest BCUT2D eigenvalue weighted by Crippen LogP contribution is 2.29. The van der Waals surface area contributed by atoms with Crippen LogP contribution in [-0.2, 0) is 6.42 Å². The molecule has 0 unspecified atom stereocenters. The second-order valence-electron chi connectivity index (χ2n) is 5.71. The van der Waals surface area contributed by atoms with Gasteiger partial charge in [-0.15, -0.1) is 0 Å². The van der Waals surface area contributed by atoms with E-state index in [1.54, 1.807) is 30.3 Å². The molecule has 0 aliphatic heterocycles. The molecule has 3 rings (SSSR count). The number of anilines is 1. The number of carbonyl (C=O) groups is 1. The molecule has 0 radical (unpaired) electrons. The van der Waals surface area contributed by atoms with E-state index in [-0.39, 0.29) is 10.9 Å². The Morgan fingerprint density at radius 1 is 1.07 bits per heavy atom. The molecule has 1 heterocycles. The van der Waals surface area contributed by atoms with Crippen LogP contribution in [-0.4, -0.2) is 11.0 Å². The highest BCUT2D eigenvalue weighted by atomic mass is 35.5. The Balaban J connectivity index is 1.68. The van der Waals surface area contributed by atoms with E-state index >= 15 is 0 Å². The summed E-state index contributed by atoms with van der Waals surface area (Å²) in [7, 11) is 0. The van der Waals surface area contributed by atoms with Gasteiger partial charge in [-0.05, 0) is 60.6 Å². The monoisotopic (exact) mass is 418 g/mol. The highest BCUT2D eigenvalue weighted by molar-refractivity contribution is 7.80. The first-order chi connectivity index (χ1) is 13.0. The van der Waals surface area contributed by atoms with Gasteiger partial charge in [-0.25, -0.2) is 0 Å². The van der Waals surface area contributed by atoms with Crippen LogP contribution in [0.4, 0.5) is 5.69 Å². The van der Waals surface area contributed by atoms with Crippen molar-refractivity contribution in [2.24, 2.45) is 0 Å². The topological polar surface area (TPSA) is 54.3 Å². The van der Waals surface area contributed by atoms with Gasteiger partial charge in [-0.3, -0.25) is 10.1 Å². The van der Waals surface area contributed by atoms with Gasteiger partial charge in [-0.1, -0.05) is 48.3 Å². The van der Waals surface area contributed by atoms with Gasteiger partial charge in [0.1, 0.15) is 5.76 Å². The third-order valence-electron chi connectivity index (χ3n) is 3.91. The predicted octanol–water partition coefficient (Wildman–Crippen LogP) is 5.94. The third-order valence-corrected chi connectivity index (χ3v) is 4.85. The van der Waals surface area contributed by atoms with Crippen LogP contribution in [0.2, 0.25) is 10.0 Å². The smallest absolute Gasteiger partial charge is 0.293 e. The molecule has 0 saturated carbocycles. The lowest BCUT2D eigenvalue weighted by Gasteiger charge is -2.11. The van der Waals surface area contributed by atoms with E-state index in [2.05, 4.69) is 17.6 Å². The van der Waals surface area contributed by atoms with Crippen LogP contribution in [0.15, 0.2) is 59.0 Å². The van der Waals surface area contributed by atoms with Crippen LogP contribution in [0.3, 0.4) is 0 Å². The standard InChI is InChI=1S/C20H16Cl2N2O2S/c1-2-12-5-3-4-6-16(12)23-20(27)24-19(25)18-10-9-17(26-18)13-7-8-14(21)15(22)11-13/h3-11H,2H2,1H3,(H2,23,24,25,27). The van der Waals surface area contributed by atoms with Gasteiger partial charge in [0.05, 0.1) is 10.0 Å². The summed E-state index contributed by atoms with van der Waals surface area (Å²) in [4.78, 5) is 12.4. The Bertz CT molecular complexity index is 1000. The lowest BCUT2D eigenvalue weighted by molar-refractivity contribution is 0.0951. The SMILES string of the molecule is CCc1ccccc1NC(=S)NC(=O)c1ccc(-c2ccc(Cl)c(Cl)c2)o1. The van der Waals surface area contributed by atoms with Crippen LogP contribution >= 0.6 is 35.4 Å². The molecule has 7 heteroatoms. The number of hydrogen-bond donors (Lipinski definition) is 2. The minimum Gasteiger partial charge on any atom is -0.451 e. The molecule has 0 aliphatic rings. The average molecular weight is 419 g/mol. The Morgan fingerprint density at radius 3 is 2.59 bits per heavy atom. The summed E-state index contributed by atoms with van der Waals surface area (Å²) in [6.07, 6.45) is 0.852. The average Bonchev–Trinajstić information content (AvgIpc) is 3.14. The maximum Gasteiger partial charge on any atom is 0.293 e. The van der Waals surface area contributed by atoms with E-state index in [4.69, 9.17) is 39.8 Å². The zero-order chi connectivity index (χ0) is 19.4. The number of nitrogens with one attached hydrogen (secondary N) is 2. The number of benzene rings is 2. The number of hydrogen-bond acceptors (Lipinski definition) is 3. The van der Waals surface area contributed by atoms with Gasteiger partial charge >= 0.3 is 0 Å². The van der Waals surface area contributed by atoms with Crippen molar-refractivity contribution < 1.29 is 9.21 Å². The number of aryl methyl sites for hydroxylation is 1. The largest absolute Gasteiger partial charge is 0.451 e. The Hall–Kier alpha value is -2.34. The Morgan fingerprint density at radius 2 is 1.85 bits per heavy atom. The minimum atomic E-state index is -0.437. The molecule has 0 fully saturated rings. The fourth-order valence-corrected chi connectivity index (χ4v) is 3.03. The summed E-state index contributed by atoms with van der Waals surface area (Å²) in [6, 6.07) is 16.2. The maximum absolute atomic E-state index is 12.4. The molecular formula is C20H16Cl2N2O2S. The van der Waals surface area contributed by atoms with Crippen molar-refractivity contribution in [3.63, 3.8) is 0 Å². The molecular weight excluding hydrogens is 403 g/mol. The van der Waals surface area contributed by atoms with Gasteiger partial charge in [0.2, 0.25) is 0 Å². The number of furan rings is 1. The van der Waals surface area contributed by atoms with Crippen molar-refractivity contribution in [2.45, 2.75) is 13.3 Å². The molecule has 1 aromatic heterocycles. The number of para-hydroxylation sites is 1. The first-order valence-electron chi connectivity index (χ1n) is 8.23. The van der Waals surface area contributed by atoms with Crippen LogP contribution < -0.4 is 10.6 Å². The zero-order valence-electron chi connectivity index (χ0n) is 14.4. The predicted molar refractivity (Wildman–Crippen MR) is 114 cm³/mol. The molecule has 0 aliphatic carbocycles. The molecule has 4 nitrogen and oxygen atoms in total. The second-order valence-corrected chi connectivity index (χ2v) is 6.93. The van der Waals surface area contributed by atoms with E-state index in [1.807, 2.05) is 24.3 Å². The molecule has 0 bridgehead atoms. The summed E-state index contributed by atoms with van der Waals surface area (Å²) in [5.74, 6) is 0.214. The fourth-order valence-electron chi connectivity index (χ4n) is 2.53. The normalized spacial score (nSPS) is 10.5. The van der Waals surface area contributed by atoms with E-state index < -0.39 is 5.91 Å².